The lowest BCUT2D eigenvalue weighted by Crippen LogP contribution is -2.53. The molecule has 0 spiro atoms. The molecule has 13 heteroatoms. The highest BCUT2D eigenvalue weighted by Crippen LogP contribution is 2.18. The first-order valence-electron chi connectivity index (χ1n) is 14.2. The molecule has 0 aromatic carbocycles. The highest BCUT2D eigenvalue weighted by Gasteiger charge is 2.34. The summed E-state index contributed by atoms with van der Waals surface area (Å²) < 4.78 is 16.4. The van der Waals surface area contributed by atoms with Crippen LogP contribution < -0.4 is 16.0 Å². The smallest absolute Gasteiger partial charge is 0.303 e. The van der Waals surface area contributed by atoms with Gasteiger partial charge in [0, 0.05) is 46.2 Å². The zero-order valence-corrected chi connectivity index (χ0v) is 24.2. The number of amides is 4. The summed E-state index contributed by atoms with van der Waals surface area (Å²) in [6.45, 7) is 9.42. The molecule has 1 saturated heterocycles. The Morgan fingerprint density at radius 1 is 0.875 bits per heavy atom. The fourth-order valence-electron chi connectivity index (χ4n) is 4.15. The Morgan fingerprint density at radius 2 is 1.45 bits per heavy atom. The van der Waals surface area contributed by atoms with Crippen LogP contribution in [0.25, 0.3) is 0 Å². The van der Waals surface area contributed by atoms with Crippen molar-refractivity contribution in [2.45, 2.75) is 77.8 Å². The number of nitrogens with zero attached hydrogens (tertiary/aromatic N) is 1. The molecule has 0 aliphatic carbocycles. The van der Waals surface area contributed by atoms with Crippen LogP contribution in [0.1, 0.15) is 65.7 Å². The van der Waals surface area contributed by atoms with Gasteiger partial charge in [-0.15, -0.1) is 0 Å². The number of carbonyl (C=O) groups is 5. The van der Waals surface area contributed by atoms with Gasteiger partial charge >= 0.3 is 5.97 Å². The van der Waals surface area contributed by atoms with Crippen molar-refractivity contribution in [1.29, 1.82) is 0 Å². The molecular formula is C27H48N4O9. The van der Waals surface area contributed by atoms with E-state index in [0.717, 1.165) is 6.42 Å². The SMILES string of the molecule is CC(=O)N1CCCC1C(=O)NC(CC(C)C)C(=O)NCCCOCCOCCOCCCNC(=O)CCC(=O)O. The third-order valence-corrected chi connectivity index (χ3v) is 6.16. The number of aliphatic carboxylic acids is 1. The molecule has 1 fully saturated rings. The lowest BCUT2D eigenvalue weighted by molar-refractivity contribution is -0.138. The van der Waals surface area contributed by atoms with Gasteiger partial charge in [0.1, 0.15) is 12.1 Å². The lowest BCUT2D eigenvalue weighted by Gasteiger charge is -2.26. The molecule has 2 unspecified atom stereocenters. The molecule has 1 heterocycles. The van der Waals surface area contributed by atoms with Crippen molar-refractivity contribution in [3.8, 4) is 0 Å². The third kappa shape index (κ3) is 16.4. The number of carboxylic acids is 1. The summed E-state index contributed by atoms with van der Waals surface area (Å²) >= 11 is 0. The Kier molecular flexibility index (Phi) is 18.5. The first kappa shape index (κ1) is 35.3. The summed E-state index contributed by atoms with van der Waals surface area (Å²) in [6, 6.07) is -1.17. The zero-order chi connectivity index (χ0) is 29.8. The number of ether oxygens (including phenoxy) is 3. The van der Waals surface area contributed by atoms with E-state index in [1.54, 1.807) is 4.90 Å². The number of nitrogens with one attached hydrogen (secondary N) is 3. The molecule has 13 nitrogen and oxygen atoms in total. The molecule has 0 radical (unpaired) electrons. The Balaban J connectivity index is 2.06. The van der Waals surface area contributed by atoms with Crippen molar-refractivity contribution in [2.75, 3.05) is 59.3 Å². The molecule has 4 amide bonds. The predicted molar refractivity (Wildman–Crippen MR) is 146 cm³/mol. The average Bonchev–Trinajstić information content (AvgIpc) is 3.39. The monoisotopic (exact) mass is 572 g/mol. The zero-order valence-electron chi connectivity index (χ0n) is 24.2. The average molecular weight is 573 g/mol. The van der Waals surface area contributed by atoms with E-state index in [1.165, 1.54) is 6.92 Å². The molecule has 0 saturated carbocycles. The molecule has 0 aromatic rings. The van der Waals surface area contributed by atoms with Crippen molar-refractivity contribution in [3.63, 3.8) is 0 Å². The van der Waals surface area contributed by atoms with Crippen LogP contribution in [0.15, 0.2) is 0 Å². The fourth-order valence-corrected chi connectivity index (χ4v) is 4.15. The summed E-state index contributed by atoms with van der Waals surface area (Å²) in [6.07, 6.45) is 2.93. The van der Waals surface area contributed by atoms with Gasteiger partial charge in [-0.05, 0) is 38.0 Å². The maximum atomic E-state index is 12.8. The minimum atomic E-state index is -0.995. The summed E-state index contributed by atoms with van der Waals surface area (Å²) in [7, 11) is 0. The second-order valence-corrected chi connectivity index (χ2v) is 10.1. The van der Waals surface area contributed by atoms with E-state index >= 15 is 0 Å². The molecule has 1 aliphatic heterocycles. The van der Waals surface area contributed by atoms with Gasteiger partial charge in [-0.3, -0.25) is 24.0 Å². The van der Waals surface area contributed by atoms with E-state index in [2.05, 4.69) is 16.0 Å². The van der Waals surface area contributed by atoms with Crippen LogP contribution in [-0.4, -0.2) is 111 Å². The van der Waals surface area contributed by atoms with E-state index < -0.39 is 18.1 Å². The third-order valence-electron chi connectivity index (χ3n) is 6.16. The topological polar surface area (TPSA) is 173 Å². The van der Waals surface area contributed by atoms with Crippen LogP contribution in [0, 0.1) is 5.92 Å². The minimum absolute atomic E-state index is 0.0252. The van der Waals surface area contributed by atoms with Crippen molar-refractivity contribution in [1.82, 2.24) is 20.9 Å². The van der Waals surface area contributed by atoms with Crippen LogP contribution >= 0.6 is 0 Å². The van der Waals surface area contributed by atoms with Gasteiger partial charge in [-0.25, -0.2) is 0 Å². The Labute approximate surface area is 237 Å². The molecular weight excluding hydrogens is 524 g/mol. The Hall–Kier alpha value is -2.77. The summed E-state index contributed by atoms with van der Waals surface area (Å²) in [5.74, 6) is -1.71. The summed E-state index contributed by atoms with van der Waals surface area (Å²) in [5.41, 5.74) is 0. The molecule has 40 heavy (non-hydrogen) atoms. The number of likely N-dealkylation sites (tertiary alicyclic amines) is 1. The predicted octanol–water partition coefficient (Wildman–Crippen LogP) is 0.455. The van der Waals surface area contributed by atoms with E-state index in [9.17, 15) is 24.0 Å². The maximum Gasteiger partial charge on any atom is 0.303 e. The van der Waals surface area contributed by atoms with Crippen LogP contribution in [0.4, 0.5) is 0 Å². The number of hydrogen-bond donors (Lipinski definition) is 4. The minimum Gasteiger partial charge on any atom is -0.481 e. The largest absolute Gasteiger partial charge is 0.481 e. The highest BCUT2D eigenvalue weighted by molar-refractivity contribution is 5.92. The van der Waals surface area contributed by atoms with Crippen molar-refractivity contribution in [3.05, 3.63) is 0 Å². The summed E-state index contributed by atoms with van der Waals surface area (Å²) in [5, 5.41) is 16.9. The van der Waals surface area contributed by atoms with Crippen LogP contribution in [-0.2, 0) is 38.2 Å². The Morgan fingerprint density at radius 3 is 2.00 bits per heavy atom. The van der Waals surface area contributed by atoms with Gasteiger partial charge in [-0.2, -0.15) is 0 Å². The van der Waals surface area contributed by atoms with Crippen LogP contribution in [0.3, 0.4) is 0 Å². The summed E-state index contributed by atoms with van der Waals surface area (Å²) in [4.78, 5) is 60.6. The molecule has 4 N–H and O–H groups in total. The van der Waals surface area contributed by atoms with E-state index in [0.29, 0.717) is 85.0 Å². The second kappa shape index (κ2) is 21.0. The molecule has 2 atom stereocenters. The van der Waals surface area contributed by atoms with Crippen molar-refractivity contribution >= 4 is 29.6 Å². The first-order chi connectivity index (χ1) is 19.1. The van der Waals surface area contributed by atoms with Crippen LogP contribution in [0.5, 0.6) is 0 Å². The lowest BCUT2D eigenvalue weighted by atomic mass is 10.0. The van der Waals surface area contributed by atoms with Crippen molar-refractivity contribution in [2.24, 2.45) is 5.92 Å². The van der Waals surface area contributed by atoms with E-state index in [-0.39, 0.29) is 42.4 Å². The molecule has 1 rings (SSSR count). The van der Waals surface area contributed by atoms with Gasteiger partial charge in [0.2, 0.25) is 23.6 Å². The Bertz CT molecular complexity index is 794. The quantitative estimate of drug-likeness (QED) is 0.134. The standard InChI is InChI=1S/C27H48N4O9/c1-20(2)19-22(30-27(37)23-7-4-12-31(23)21(3)32)26(36)29-11-6-14-39-16-18-40-17-15-38-13-5-10-28-24(33)8-9-25(34)35/h20,22-23H,4-19H2,1-3H3,(H,28,33)(H,29,36)(H,30,37)(H,34,35). The van der Waals surface area contributed by atoms with Gasteiger partial charge in [0.15, 0.2) is 0 Å². The van der Waals surface area contributed by atoms with Gasteiger partial charge in [0.05, 0.1) is 32.8 Å². The van der Waals surface area contributed by atoms with Gasteiger partial charge < -0.3 is 40.2 Å². The number of hydrogen-bond acceptors (Lipinski definition) is 8. The number of carbonyl (C=O) groups excluding carboxylic acids is 4. The normalized spacial score (nSPS) is 15.6. The second-order valence-electron chi connectivity index (χ2n) is 10.1. The maximum absolute atomic E-state index is 12.8. The van der Waals surface area contributed by atoms with E-state index in [1.807, 2.05) is 13.8 Å². The highest BCUT2D eigenvalue weighted by atomic mass is 16.5. The van der Waals surface area contributed by atoms with Gasteiger partial charge in [-0.1, -0.05) is 13.8 Å². The van der Waals surface area contributed by atoms with E-state index in [4.69, 9.17) is 19.3 Å². The molecule has 230 valence electrons. The van der Waals surface area contributed by atoms with Crippen molar-refractivity contribution < 1.29 is 43.3 Å². The number of rotatable bonds is 22. The molecule has 1 aliphatic rings. The first-order valence-corrected chi connectivity index (χ1v) is 14.2. The van der Waals surface area contributed by atoms with Gasteiger partial charge in [0.25, 0.3) is 0 Å². The molecule has 0 bridgehead atoms. The number of carboxylic acid groups (broad SMARTS) is 1. The van der Waals surface area contributed by atoms with Crippen LogP contribution in [0.2, 0.25) is 0 Å². The fraction of sp³-hybridized carbons (Fsp3) is 0.815. The molecule has 0 aromatic heterocycles.